The van der Waals surface area contributed by atoms with E-state index < -0.39 is 5.91 Å². The van der Waals surface area contributed by atoms with Crippen LogP contribution in [0.4, 0.5) is 0 Å². The first-order valence-corrected chi connectivity index (χ1v) is 2.38. The summed E-state index contributed by atoms with van der Waals surface area (Å²) in [6.07, 6.45) is 0.470. The summed E-state index contributed by atoms with van der Waals surface area (Å²) in [5, 5.41) is 6.54. The number of carbonyl (C=O) groups is 2. The predicted octanol–water partition coefficient (Wildman–Crippen LogP) is 0.452. The van der Waals surface area contributed by atoms with Crippen molar-refractivity contribution in [2.24, 2.45) is 10.2 Å². The van der Waals surface area contributed by atoms with E-state index in [-0.39, 0.29) is 5.57 Å². The minimum Gasteiger partial charge on any atom is -0.298 e. The second kappa shape index (κ2) is 1.89. The second-order valence-electron chi connectivity index (χ2n) is 1.62. The topological polar surface area (TPSA) is 58.9 Å². The van der Waals surface area contributed by atoms with Gasteiger partial charge >= 0.3 is 5.91 Å². The molecule has 1 heterocycles. The summed E-state index contributed by atoms with van der Waals surface area (Å²) in [6, 6.07) is 0. The molecule has 0 aromatic rings. The highest BCUT2D eigenvalue weighted by atomic mass is 16.2. The number of rotatable bonds is 1. The van der Waals surface area contributed by atoms with Crippen LogP contribution in [0, 0.1) is 0 Å². The van der Waals surface area contributed by atoms with E-state index in [1.54, 1.807) is 6.92 Å². The van der Waals surface area contributed by atoms with Gasteiger partial charge in [-0.25, -0.2) is 0 Å². The number of aldehydes is 1. The van der Waals surface area contributed by atoms with Gasteiger partial charge in [-0.3, -0.25) is 9.59 Å². The summed E-state index contributed by atoms with van der Waals surface area (Å²) in [5.41, 5.74) is 0.463. The van der Waals surface area contributed by atoms with Crippen molar-refractivity contribution in [3.63, 3.8) is 0 Å². The number of nitrogens with zero attached hydrogens (tertiary/aromatic N) is 2. The highest BCUT2D eigenvalue weighted by molar-refractivity contribution is 6.12. The van der Waals surface area contributed by atoms with E-state index >= 15 is 0 Å². The molecule has 0 fully saturated rings. The Balaban J connectivity index is 3.06. The van der Waals surface area contributed by atoms with Crippen LogP contribution in [-0.2, 0) is 9.59 Å². The zero-order valence-electron chi connectivity index (χ0n) is 4.79. The number of carbonyl (C=O) groups excluding carboxylic acids is 2. The highest BCUT2D eigenvalue weighted by Gasteiger charge is 2.16. The lowest BCUT2D eigenvalue weighted by Gasteiger charge is -1.80. The van der Waals surface area contributed by atoms with E-state index in [9.17, 15) is 9.59 Å². The number of allylic oxidation sites excluding steroid dienone is 1. The van der Waals surface area contributed by atoms with Gasteiger partial charge in [-0.2, -0.15) is 5.11 Å². The van der Waals surface area contributed by atoms with Crippen LogP contribution in [0.5, 0.6) is 0 Å². The molecule has 46 valence electrons. The molecular formula is C5H4N2O2. The fourth-order valence-corrected chi connectivity index (χ4v) is 0.519. The van der Waals surface area contributed by atoms with Crippen molar-refractivity contribution in [2.75, 3.05) is 0 Å². The molecule has 0 spiro atoms. The average molecular weight is 124 g/mol. The maximum atomic E-state index is 10.5. The van der Waals surface area contributed by atoms with Crippen LogP contribution in [0.15, 0.2) is 21.5 Å². The number of hydrogen-bond acceptors (Lipinski definition) is 3. The van der Waals surface area contributed by atoms with Gasteiger partial charge in [0.2, 0.25) is 0 Å². The van der Waals surface area contributed by atoms with Crippen LogP contribution in [0.25, 0.3) is 0 Å². The van der Waals surface area contributed by atoms with E-state index in [4.69, 9.17) is 0 Å². The van der Waals surface area contributed by atoms with Crippen molar-refractivity contribution < 1.29 is 9.59 Å². The molecule has 0 saturated carbocycles. The predicted molar refractivity (Wildman–Crippen MR) is 28.6 cm³/mol. The molecule has 9 heavy (non-hydrogen) atoms. The molecule has 0 radical (unpaired) electrons. The van der Waals surface area contributed by atoms with Crippen molar-refractivity contribution in [2.45, 2.75) is 6.92 Å². The lowest BCUT2D eigenvalue weighted by molar-refractivity contribution is -0.116. The molecule has 1 aliphatic heterocycles. The summed E-state index contributed by atoms with van der Waals surface area (Å²) >= 11 is 0. The van der Waals surface area contributed by atoms with Crippen LogP contribution >= 0.6 is 0 Å². The Morgan fingerprint density at radius 2 is 2.11 bits per heavy atom. The fourth-order valence-electron chi connectivity index (χ4n) is 0.519. The summed E-state index contributed by atoms with van der Waals surface area (Å²) < 4.78 is 0. The lowest BCUT2D eigenvalue weighted by atomic mass is 10.2. The van der Waals surface area contributed by atoms with Gasteiger partial charge in [0.15, 0.2) is 6.29 Å². The van der Waals surface area contributed by atoms with Crippen LogP contribution < -0.4 is 0 Å². The molecule has 4 heteroatoms. The third-order valence-corrected chi connectivity index (χ3v) is 1.03. The first-order valence-electron chi connectivity index (χ1n) is 2.38. The highest BCUT2D eigenvalue weighted by Crippen LogP contribution is 2.12. The van der Waals surface area contributed by atoms with Crippen molar-refractivity contribution in [3.05, 3.63) is 11.3 Å². The minimum atomic E-state index is -0.539. The second-order valence-corrected chi connectivity index (χ2v) is 1.62. The molecule has 0 aromatic carbocycles. The van der Waals surface area contributed by atoms with Crippen LogP contribution in [0.2, 0.25) is 0 Å². The average Bonchev–Trinajstić information content (AvgIpc) is 2.12. The molecule has 1 rings (SSSR count). The number of amides is 1. The maximum Gasteiger partial charge on any atom is 0.300 e. The third-order valence-electron chi connectivity index (χ3n) is 1.03. The molecule has 0 saturated heterocycles. The Morgan fingerprint density at radius 1 is 1.44 bits per heavy atom. The first kappa shape index (κ1) is 5.81. The summed E-state index contributed by atoms with van der Waals surface area (Å²) in [7, 11) is 0. The SMILES string of the molecule is CC1=C(C=O)C(=O)N=N1. The zero-order valence-corrected chi connectivity index (χ0v) is 4.79. The molecular weight excluding hydrogens is 120 g/mol. The van der Waals surface area contributed by atoms with Crippen molar-refractivity contribution in [1.82, 2.24) is 0 Å². The van der Waals surface area contributed by atoms with E-state index in [0.717, 1.165) is 0 Å². The van der Waals surface area contributed by atoms with E-state index in [1.807, 2.05) is 0 Å². The summed E-state index contributed by atoms with van der Waals surface area (Å²) in [4.78, 5) is 20.5. The van der Waals surface area contributed by atoms with Gasteiger partial charge in [0.25, 0.3) is 0 Å². The molecule has 0 aromatic heterocycles. The van der Waals surface area contributed by atoms with Crippen LogP contribution in [0.3, 0.4) is 0 Å². The van der Waals surface area contributed by atoms with E-state index in [0.29, 0.717) is 12.0 Å². The molecule has 0 bridgehead atoms. The van der Waals surface area contributed by atoms with Gasteiger partial charge in [0, 0.05) is 0 Å². The Hall–Kier alpha value is -1.32. The van der Waals surface area contributed by atoms with Crippen molar-refractivity contribution >= 4 is 12.2 Å². The van der Waals surface area contributed by atoms with E-state index in [2.05, 4.69) is 10.2 Å². The molecule has 4 nitrogen and oxygen atoms in total. The number of azo groups is 1. The molecule has 1 amide bonds. The Bertz CT molecular complexity index is 227. The molecule has 1 aliphatic rings. The smallest absolute Gasteiger partial charge is 0.298 e. The van der Waals surface area contributed by atoms with Crippen molar-refractivity contribution in [1.29, 1.82) is 0 Å². The van der Waals surface area contributed by atoms with Crippen LogP contribution in [-0.4, -0.2) is 12.2 Å². The van der Waals surface area contributed by atoms with Gasteiger partial charge < -0.3 is 0 Å². The molecule has 0 unspecified atom stereocenters. The largest absolute Gasteiger partial charge is 0.300 e. The summed E-state index contributed by atoms with van der Waals surface area (Å²) in [6.45, 7) is 1.57. The Morgan fingerprint density at radius 3 is 2.33 bits per heavy atom. The third kappa shape index (κ3) is 0.782. The zero-order chi connectivity index (χ0) is 6.85. The normalized spacial score (nSPS) is 17.2. The van der Waals surface area contributed by atoms with Gasteiger partial charge in [-0.1, -0.05) is 0 Å². The molecule has 0 N–H and O–H groups in total. The Labute approximate surface area is 51.3 Å². The van der Waals surface area contributed by atoms with Crippen molar-refractivity contribution in [3.8, 4) is 0 Å². The summed E-state index contributed by atoms with van der Waals surface area (Å²) in [5.74, 6) is -0.539. The first-order chi connectivity index (χ1) is 4.25. The Kier molecular flexibility index (Phi) is 1.22. The quantitative estimate of drug-likeness (QED) is 0.376. The van der Waals surface area contributed by atoms with Gasteiger partial charge in [0.05, 0.1) is 5.70 Å². The lowest BCUT2D eigenvalue weighted by Crippen LogP contribution is -1.95. The molecule has 0 aliphatic carbocycles. The maximum absolute atomic E-state index is 10.5. The van der Waals surface area contributed by atoms with Gasteiger partial charge in [0.1, 0.15) is 5.57 Å². The number of hydrogen-bond donors (Lipinski definition) is 0. The van der Waals surface area contributed by atoms with Gasteiger partial charge in [-0.05, 0) is 6.92 Å². The fraction of sp³-hybridized carbons (Fsp3) is 0.200. The minimum absolute atomic E-state index is 0.0648. The molecule has 0 atom stereocenters. The van der Waals surface area contributed by atoms with Gasteiger partial charge in [-0.15, -0.1) is 5.11 Å². The van der Waals surface area contributed by atoms with Crippen LogP contribution in [0.1, 0.15) is 6.92 Å². The monoisotopic (exact) mass is 124 g/mol. The van der Waals surface area contributed by atoms with E-state index in [1.165, 1.54) is 0 Å². The standard InChI is InChI=1S/C5H4N2O2/c1-3-4(2-8)5(9)7-6-3/h2H,1H3.